The number of para-hydroxylation sites is 1. The molecule has 1 N–H and O–H groups in total. The number of rotatable bonds is 4. The molecule has 0 fully saturated rings. The number of aryl methyl sites for hydroxylation is 1. The summed E-state index contributed by atoms with van der Waals surface area (Å²) in [6.07, 6.45) is 0.427. The lowest BCUT2D eigenvalue weighted by atomic mass is 10.1. The van der Waals surface area contributed by atoms with Crippen LogP contribution < -0.4 is 10.9 Å². The molecule has 2 aromatic heterocycles. The van der Waals surface area contributed by atoms with E-state index in [1.165, 1.54) is 4.68 Å². The van der Waals surface area contributed by atoms with E-state index in [9.17, 15) is 9.59 Å². The van der Waals surface area contributed by atoms with Gasteiger partial charge in [0, 0.05) is 10.1 Å². The van der Waals surface area contributed by atoms with Gasteiger partial charge in [-0.3, -0.25) is 9.59 Å². The fraction of sp³-hybridized carbons (Fsp3) is 0.190. The standard InChI is InChI=1S/C21H18ClN3O2S/c1-3-16(20(26)23-15-10-6-5-9-14(15)22)25-21(27)18-13-8-4-7-11-17(13)28-19(18)12(2)24-25/h4-11,16H,3H2,1-2H3,(H,23,26)/t16-/m0/s1. The van der Waals surface area contributed by atoms with Gasteiger partial charge in [-0.05, 0) is 31.5 Å². The van der Waals surface area contributed by atoms with E-state index in [1.54, 1.807) is 35.6 Å². The third-order valence-electron chi connectivity index (χ3n) is 4.72. The third-order valence-corrected chi connectivity index (χ3v) is 6.33. The Morgan fingerprint density at radius 1 is 1.21 bits per heavy atom. The molecule has 28 heavy (non-hydrogen) atoms. The van der Waals surface area contributed by atoms with E-state index < -0.39 is 6.04 Å². The highest BCUT2D eigenvalue weighted by Crippen LogP contribution is 2.33. The number of carbonyl (C=O) groups excluding carboxylic acids is 1. The molecule has 1 atom stereocenters. The van der Waals surface area contributed by atoms with Crippen LogP contribution in [0, 0.1) is 6.92 Å². The first kappa shape index (κ1) is 18.7. The number of carbonyl (C=O) groups is 1. The number of aromatic nitrogens is 2. The first-order chi connectivity index (χ1) is 13.5. The molecule has 0 spiro atoms. The topological polar surface area (TPSA) is 64.0 Å². The van der Waals surface area contributed by atoms with E-state index in [0.717, 1.165) is 20.5 Å². The van der Waals surface area contributed by atoms with Crippen molar-refractivity contribution in [3.63, 3.8) is 0 Å². The minimum absolute atomic E-state index is 0.251. The van der Waals surface area contributed by atoms with Crippen molar-refractivity contribution in [2.75, 3.05) is 5.32 Å². The highest BCUT2D eigenvalue weighted by atomic mass is 35.5. The number of hydrogen-bond donors (Lipinski definition) is 1. The number of hydrogen-bond acceptors (Lipinski definition) is 4. The van der Waals surface area contributed by atoms with Crippen LogP contribution >= 0.6 is 22.9 Å². The van der Waals surface area contributed by atoms with Crippen LogP contribution in [0.3, 0.4) is 0 Å². The van der Waals surface area contributed by atoms with Crippen LogP contribution in [0.25, 0.3) is 20.2 Å². The lowest BCUT2D eigenvalue weighted by Gasteiger charge is -2.18. The molecule has 142 valence electrons. The van der Waals surface area contributed by atoms with Gasteiger partial charge in [-0.15, -0.1) is 11.3 Å². The van der Waals surface area contributed by atoms with Crippen LogP contribution in [0.4, 0.5) is 5.69 Å². The molecule has 2 heterocycles. The van der Waals surface area contributed by atoms with Crippen molar-refractivity contribution < 1.29 is 4.79 Å². The molecular formula is C21H18ClN3O2S. The molecule has 4 rings (SSSR count). The zero-order valence-corrected chi connectivity index (χ0v) is 17.0. The fourth-order valence-corrected chi connectivity index (χ4v) is 4.66. The highest BCUT2D eigenvalue weighted by Gasteiger charge is 2.24. The SMILES string of the molecule is CC[C@@H](C(=O)Nc1ccccc1Cl)n1nc(C)c2sc3ccccc3c2c1=O. The molecule has 4 aromatic rings. The predicted molar refractivity (Wildman–Crippen MR) is 116 cm³/mol. The average Bonchev–Trinajstić information content (AvgIpc) is 3.08. The number of halogens is 1. The number of amides is 1. The molecule has 0 saturated carbocycles. The summed E-state index contributed by atoms with van der Waals surface area (Å²) in [5.41, 5.74) is 0.999. The van der Waals surface area contributed by atoms with E-state index in [2.05, 4.69) is 10.4 Å². The molecule has 0 aliphatic rings. The summed E-state index contributed by atoms with van der Waals surface area (Å²) < 4.78 is 3.21. The molecule has 0 unspecified atom stereocenters. The first-order valence-electron chi connectivity index (χ1n) is 8.97. The van der Waals surface area contributed by atoms with Crippen LogP contribution in [-0.4, -0.2) is 15.7 Å². The van der Waals surface area contributed by atoms with Crippen LogP contribution in [0.15, 0.2) is 53.3 Å². The summed E-state index contributed by atoms with van der Waals surface area (Å²) in [4.78, 5) is 26.2. The van der Waals surface area contributed by atoms with Crippen molar-refractivity contribution in [1.82, 2.24) is 9.78 Å². The Balaban J connectivity index is 1.83. The Hall–Kier alpha value is -2.70. The molecule has 0 bridgehead atoms. The van der Waals surface area contributed by atoms with Gasteiger partial charge in [0.2, 0.25) is 5.91 Å². The summed E-state index contributed by atoms with van der Waals surface area (Å²) >= 11 is 7.70. The Morgan fingerprint density at radius 2 is 1.93 bits per heavy atom. The van der Waals surface area contributed by atoms with Crippen molar-refractivity contribution in [3.8, 4) is 0 Å². The van der Waals surface area contributed by atoms with Gasteiger partial charge in [-0.1, -0.05) is 48.9 Å². The number of benzene rings is 2. The molecule has 2 aromatic carbocycles. The number of nitrogens with one attached hydrogen (secondary N) is 1. The van der Waals surface area contributed by atoms with E-state index in [-0.39, 0.29) is 11.5 Å². The van der Waals surface area contributed by atoms with Gasteiger partial charge in [0.25, 0.3) is 5.56 Å². The normalized spacial score (nSPS) is 12.4. The quantitative estimate of drug-likeness (QED) is 0.504. The molecule has 0 saturated heterocycles. The first-order valence-corrected chi connectivity index (χ1v) is 10.2. The maximum atomic E-state index is 13.3. The summed E-state index contributed by atoms with van der Waals surface area (Å²) in [6.45, 7) is 3.72. The molecule has 0 aliphatic carbocycles. The highest BCUT2D eigenvalue weighted by molar-refractivity contribution is 7.26. The monoisotopic (exact) mass is 411 g/mol. The van der Waals surface area contributed by atoms with Gasteiger partial charge >= 0.3 is 0 Å². The van der Waals surface area contributed by atoms with E-state index >= 15 is 0 Å². The minimum Gasteiger partial charge on any atom is -0.323 e. The Morgan fingerprint density at radius 3 is 2.68 bits per heavy atom. The van der Waals surface area contributed by atoms with Crippen LogP contribution in [0.2, 0.25) is 5.02 Å². The molecule has 0 aliphatic heterocycles. The summed E-state index contributed by atoms with van der Waals surface area (Å²) in [5.74, 6) is -0.316. The van der Waals surface area contributed by atoms with Crippen LogP contribution in [-0.2, 0) is 4.79 Å². The lowest BCUT2D eigenvalue weighted by Crippen LogP contribution is -2.35. The van der Waals surface area contributed by atoms with E-state index in [0.29, 0.717) is 22.5 Å². The zero-order chi connectivity index (χ0) is 19.8. The van der Waals surface area contributed by atoms with Gasteiger partial charge in [0.05, 0.1) is 26.5 Å². The smallest absolute Gasteiger partial charge is 0.276 e. The second-order valence-electron chi connectivity index (χ2n) is 6.53. The zero-order valence-electron chi connectivity index (χ0n) is 15.4. The fourth-order valence-electron chi connectivity index (χ4n) is 3.34. The average molecular weight is 412 g/mol. The number of thiophene rings is 1. The van der Waals surface area contributed by atoms with Gasteiger partial charge in [0.15, 0.2) is 0 Å². The second kappa shape index (κ2) is 7.37. The number of fused-ring (bicyclic) bond motifs is 3. The van der Waals surface area contributed by atoms with Crippen molar-refractivity contribution >= 4 is 54.7 Å². The van der Waals surface area contributed by atoms with Crippen molar-refractivity contribution in [3.05, 3.63) is 69.6 Å². The Kier molecular flexibility index (Phi) is 4.91. The molecule has 5 nitrogen and oxygen atoms in total. The maximum Gasteiger partial charge on any atom is 0.276 e. The van der Waals surface area contributed by atoms with Crippen LogP contribution in [0.5, 0.6) is 0 Å². The minimum atomic E-state index is -0.731. The second-order valence-corrected chi connectivity index (χ2v) is 7.99. The Bertz CT molecular complexity index is 1260. The van der Waals surface area contributed by atoms with Crippen molar-refractivity contribution in [2.24, 2.45) is 0 Å². The summed E-state index contributed by atoms with van der Waals surface area (Å²) in [6, 6.07) is 14.1. The van der Waals surface area contributed by atoms with Gasteiger partial charge in [-0.25, -0.2) is 4.68 Å². The molecule has 1 amide bonds. The lowest BCUT2D eigenvalue weighted by molar-refractivity contribution is -0.119. The van der Waals surface area contributed by atoms with Crippen LogP contribution in [0.1, 0.15) is 25.1 Å². The summed E-state index contributed by atoms with van der Waals surface area (Å²) in [7, 11) is 0. The Labute approximate surface area is 170 Å². The molecular weight excluding hydrogens is 394 g/mol. The molecule has 0 radical (unpaired) electrons. The number of anilines is 1. The molecule has 7 heteroatoms. The largest absolute Gasteiger partial charge is 0.323 e. The van der Waals surface area contributed by atoms with Crippen molar-refractivity contribution in [2.45, 2.75) is 26.3 Å². The van der Waals surface area contributed by atoms with E-state index in [1.807, 2.05) is 38.1 Å². The van der Waals surface area contributed by atoms with Gasteiger partial charge in [-0.2, -0.15) is 5.10 Å². The van der Waals surface area contributed by atoms with Gasteiger partial charge < -0.3 is 5.32 Å². The van der Waals surface area contributed by atoms with E-state index in [4.69, 9.17) is 11.6 Å². The predicted octanol–water partition coefficient (Wildman–Crippen LogP) is 5.16. The van der Waals surface area contributed by atoms with Crippen molar-refractivity contribution in [1.29, 1.82) is 0 Å². The van der Waals surface area contributed by atoms with Gasteiger partial charge in [0.1, 0.15) is 6.04 Å². The summed E-state index contributed by atoms with van der Waals surface area (Å²) in [5, 5.41) is 9.26. The third kappa shape index (κ3) is 3.08. The number of nitrogens with zero attached hydrogens (tertiary/aromatic N) is 2. The maximum absolute atomic E-state index is 13.3.